The van der Waals surface area contributed by atoms with E-state index in [0.29, 0.717) is 13.0 Å². The van der Waals surface area contributed by atoms with Crippen molar-refractivity contribution in [3.05, 3.63) is 21.2 Å². The average Bonchev–Trinajstić information content (AvgIpc) is 2.53. The fourth-order valence-electron chi connectivity index (χ4n) is 2.67. The maximum Gasteiger partial charge on any atom is 0.326 e. The number of nitrogens with zero attached hydrogens (tertiary/aromatic N) is 1. The molecule has 1 aliphatic carbocycles. The van der Waals surface area contributed by atoms with Gasteiger partial charge in [-0.1, -0.05) is 6.08 Å². The van der Waals surface area contributed by atoms with Crippen molar-refractivity contribution in [3.8, 4) is 0 Å². The van der Waals surface area contributed by atoms with Gasteiger partial charge >= 0.3 is 5.69 Å². The van der Waals surface area contributed by atoms with Gasteiger partial charge in [-0.2, -0.15) is 0 Å². The number of rotatable bonds is 0. The van der Waals surface area contributed by atoms with Crippen LogP contribution in [-0.4, -0.2) is 26.8 Å². The fourth-order valence-corrected chi connectivity index (χ4v) is 2.67. The molecule has 0 spiro atoms. The van der Waals surface area contributed by atoms with E-state index < -0.39 is 6.10 Å². The molecule has 5 heteroatoms. The van der Waals surface area contributed by atoms with Crippen LogP contribution in [-0.2, 0) is 6.54 Å². The van der Waals surface area contributed by atoms with Crippen molar-refractivity contribution >= 4 is 11.6 Å². The normalized spacial score (nSPS) is 28.2. The maximum absolute atomic E-state index is 11.7. The Balaban J connectivity index is 2.41. The molecule has 2 aliphatic rings. The van der Waals surface area contributed by atoms with Crippen LogP contribution in [0.5, 0.6) is 0 Å². The summed E-state index contributed by atoms with van der Waals surface area (Å²) in [6.07, 6.45) is 3.68. The summed E-state index contributed by atoms with van der Waals surface area (Å²) in [5.74, 6) is 0. The lowest BCUT2D eigenvalue weighted by molar-refractivity contribution is 0.191. The van der Waals surface area contributed by atoms with Crippen molar-refractivity contribution in [3.63, 3.8) is 0 Å². The molecule has 3 rings (SSSR count). The zero-order chi connectivity index (χ0) is 11.3. The first kappa shape index (κ1) is 9.86. The van der Waals surface area contributed by atoms with Gasteiger partial charge in [-0.05, 0) is 24.8 Å². The average molecular weight is 221 g/mol. The van der Waals surface area contributed by atoms with E-state index in [9.17, 15) is 9.90 Å². The predicted octanol–water partition coefficient (Wildman–Crippen LogP) is -2.01. The van der Waals surface area contributed by atoms with E-state index in [1.165, 1.54) is 0 Å². The van der Waals surface area contributed by atoms with E-state index in [4.69, 9.17) is 5.73 Å². The van der Waals surface area contributed by atoms with Crippen molar-refractivity contribution < 1.29 is 5.11 Å². The molecule has 16 heavy (non-hydrogen) atoms. The van der Waals surface area contributed by atoms with Crippen molar-refractivity contribution in [1.82, 2.24) is 9.55 Å². The Morgan fingerprint density at radius 1 is 1.56 bits per heavy atom. The molecular formula is C11H15N3O2. The largest absolute Gasteiger partial charge is 0.387 e. The molecule has 1 aromatic heterocycles. The topological polar surface area (TPSA) is 84.0 Å². The van der Waals surface area contributed by atoms with Crippen LogP contribution in [0, 0.1) is 0 Å². The summed E-state index contributed by atoms with van der Waals surface area (Å²) in [7, 11) is 0. The van der Waals surface area contributed by atoms with Crippen LogP contribution in [0.4, 0.5) is 0 Å². The number of aromatic amines is 1. The summed E-state index contributed by atoms with van der Waals surface area (Å²) >= 11 is 0. The summed E-state index contributed by atoms with van der Waals surface area (Å²) < 4.78 is 1.70. The molecule has 0 aromatic carbocycles. The van der Waals surface area contributed by atoms with Gasteiger partial charge in [0.2, 0.25) is 0 Å². The number of nitrogens with one attached hydrogen (secondary N) is 1. The van der Waals surface area contributed by atoms with E-state index in [1.807, 2.05) is 6.08 Å². The monoisotopic (exact) mass is 221 g/mol. The van der Waals surface area contributed by atoms with Gasteiger partial charge < -0.3 is 15.8 Å². The summed E-state index contributed by atoms with van der Waals surface area (Å²) in [6, 6.07) is -0.264. The number of hydrogen-bond donors (Lipinski definition) is 3. The molecule has 2 atom stereocenters. The Labute approximate surface area is 91.9 Å². The number of nitrogens with two attached hydrogens (primary N) is 1. The smallest absolute Gasteiger partial charge is 0.326 e. The highest BCUT2D eigenvalue weighted by atomic mass is 16.3. The number of aliphatic hydroxyl groups excluding tert-OH is 1. The van der Waals surface area contributed by atoms with Gasteiger partial charge in [0.15, 0.2) is 0 Å². The molecular weight excluding hydrogens is 206 g/mol. The van der Waals surface area contributed by atoms with Crippen molar-refractivity contribution in [1.29, 1.82) is 0 Å². The Morgan fingerprint density at radius 3 is 3.19 bits per heavy atom. The molecule has 2 heterocycles. The summed E-state index contributed by atoms with van der Waals surface area (Å²) in [5, 5.41) is 11.8. The number of H-pyrrole nitrogens is 1. The highest BCUT2D eigenvalue weighted by molar-refractivity contribution is 5.53. The zero-order valence-electron chi connectivity index (χ0n) is 8.94. The second kappa shape index (κ2) is 3.33. The minimum Gasteiger partial charge on any atom is -0.387 e. The molecule has 0 unspecified atom stereocenters. The fraction of sp³-hybridized carbons (Fsp3) is 0.545. The van der Waals surface area contributed by atoms with Gasteiger partial charge in [-0.3, -0.25) is 4.57 Å². The van der Waals surface area contributed by atoms with E-state index in [1.54, 1.807) is 4.57 Å². The third-order valence-corrected chi connectivity index (χ3v) is 3.53. The van der Waals surface area contributed by atoms with Gasteiger partial charge in [0.05, 0.1) is 16.8 Å². The Bertz CT molecular complexity index is 596. The molecule has 1 aromatic rings. The van der Waals surface area contributed by atoms with Crippen LogP contribution >= 0.6 is 0 Å². The summed E-state index contributed by atoms with van der Waals surface area (Å²) in [5.41, 5.74) is 6.72. The predicted molar refractivity (Wildman–Crippen MR) is 60.0 cm³/mol. The molecule has 0 bridgehead atoms. The van der Waals surface area contributed by atoms with Crippen LogP contribution in [0.15, 0.2) is 4.79 Å². The first-order valence-electron chi connectivity index (χ1n) is 5.64. The van der Waals surface area contributed by atoms with E-state index in [0.717, 1.165) is 29.1 Å². The molecule has 86 valence electrons. The third-order valence-electron chi connectivity index (χ3n) is 3.53. The van der Waals surface area contributed by atoms with Crippen LogP contribution in [0.2, 0.25) is 0 Å². The Hall–Kier alpha value is -1.33. The van der Waals surface area contributed by atoms with Crippen LogP contribution in [0.3, 0.4) is 0 Å². The van der Waals surface area contributed by atoms with E-state index >= 15 is 0 Å². The second-order valence-electron chi connectivity index (χ2n) is 4.51. The number of aromatic nitrogens is 2. The molecule has 0 radical (unpaired) electrons. The van der Waals surface area contributed by atoms with E-state index in [2.05, 4.69) is 4.98 Å². The highest BCUT2D eigenvalue weighted by Gasteiger charge is 2.26. The molecule has 5 nitrogen and oxygen atoms in total. The summed E-state index contributed by atoms with van der Waals surface area (Å²) in [6.45, 7) is 0.584. The van der Waals surface area contributed by atoms with E-state index in [-0.39, 0.29) is 11.7 Å². The third kappa shape index (κ3) is 1.22. The Kier molecular flexibility index (Phi) is 2.05. The highest BCUT2D eigenvalue weighted by Crippen LogP contribution is 2.17. The molecule has 0 amide bonds. The van der Waals surface area contributed by atoms with Gasteiger partial charge in [-0.25, -0.2) is 4.79 Å². The summed E-state index contributed by atoms with van der Waals surface area (Å²) in [4.78, 5) is 14.6. The van der Waals surface area contributed by atoms with Crippen molar-refractivity contribution in [2.24, 2.45) is 5.73 Å². The van der Waals surface area contributed by atoms with Crippen molar-refractivity contribution in [2.45, 2.75) is 38.0 Å². The molecule has 0 saturated carbocycles. The lowest BCUT2D eigenvalue weighted by atomic mass is 9.95. The molecule has 0 fully saturated rings. The molecule has 1 aliphatic heterocycles. The SMILES string of the molecule is N[C@@H]1CCn2c(=O)[nH]c3c2=C(CCC=3)[C@H]1O. The molecule has 4 N–H and O–H groups in total. The quantitative estimate of drug-likeness (QED) is 0.473. The number of hydrogen-bond acceptors (Lipinski definition) is 3. The first-order valence-corrected chi connectivity index (χ1v) is 5.64. The minimum atomic E-state index is -0.614. The Morgan fingerprint density at radius 2 is 2.38 bits per heavy atom. The van der Waals surface area contributed by atoms with Gasteiger partial charge in [0.25, 0.3) is 0 Å². The van der Waals surface area contributed by atoms with Gasteiger partial charge in [0.1, 0.15) is 0 Å². The van der Waals surface area contributed by atoms with Gasteiger partial charge in [0, 0.05) is 12.6 Å². The second-order valence-corrected chi connectivity index (χ2v) is 4.51. The number of imidazole rings is 1. The maximum atomic E-state index is 11.7. The zero-order valence-corrected chi connectivity index (χ0v) is 8.94. The van der Waals surface area contributed by atoms with Crippen LogP contribution in [0.1, 0.15) is 19.3 Å². The van der Waals surface area contributed by atoms with Crippen LogP contribution < -0.4 is 22.1 Å². The number of aliphatic hydroxyl groups is 1. The minimum absolute atomic E-state index is 0.0954. The standard InChI is InChI=1S/C11H15N3O2/c12-7-4-5-14-9-6(10(7)15)2-1-3-8(9)13-11(14)16/h3,7,10,15H,1-2,4-5,12H2,(H,13,16)/t7-,10-/m1/s1. The lowest BCUT2D eigenvalue weighted by Gasteiger charge is -2.19. The lowest BCUT2D eigenvalue weighted by Crippen LogP contribution is -2.40. The molecule has 0 saturated heterocycles. The van der Waals surface area contributed by atoms with Gasteiger partial charge in [-0.15, -0.1) is 0 Å². The van der Waals surface area contributed by atoms with Crippen LogP contribution in [0.25, 0.3) is 11.6 Å². The van der Waals surface area contributed by atoms with Crippen molar-refractivity contribution in [2.75, 3.05) is 0 Å². The first-order chi connectivity index (χ1) is 7.68.